The molecule has 102 valence electrons. The van der Waals surface area contributed by atoms with E-state index in [2.05, 4.69) is 17.2 Å². The van der Waals surface area contributed by atoms with Gasteiger partial charge >= 0.3 is 0 Å². The highest BCUT2D eigenvalue weighted by atomic mass is 19.1. The lowest BCUT2D eigenvalue weighted by Crippen LogP contribution is -2.39. The lowest BCUT2D eigenvalue weighted by atomic mass is 10.1. The number of anilines is 1. The fraction of sp³-hybridized carbons (Fsp3) is 0.357. The van der Waals surface area contributed by atoms with Gasteiger partial charge in [0.05, 0.1) is 5.69 Å². The Morgan fingerprint density at radius 3 is 2.74 bits per heavy atom. The quantitative estimate of drug-likeness (QED) is 0.815. The summed E-state index contributed by atoms with van der Waals surface area (Å²) in [5.41, 5.74) is -0.554. The van der Waals surface area contributed by atoms with Crippen LogP contribution in [0, 0.1) is 17.7 Å². The van der Waals surface area contributed by atoms with Crippen molar-refractivity contribution < 1.29 is 19.0 Å². The Bertz CT molecular complexity index is 529. The molecular weight excluding hydrogens is 249 g/mol. The molecular formula is C14H16FNO3. The number of rotatable bonds is 3. The van der Waals surface area contributed by atoms with Gasteiger partial charge in [0.25, 0.3) is 5.91 Å². The molecule has 1 amide bonds. The Balaban J connectivity index is 2.89. The lowest BCUT2D eigenvalue weighted by Gasteiger charge is -2.21. The van der Waals surface area contributed by atoms with Crippen LogP contribution in [0.5, 0.6) is 0 Å². The molecule has 0 atom stereocenters. The molecule has 0 aliphatic heterocycles. The standard InChI is InChI=1S/C14H16FNO3/c1-14(2,19-3)13(18)16-12-7-6-10(5-4-8-17)9-11(12)15/h6-7,9,17H,8H2,1-3H3,(H,16,18). The highest BCUT2D eigenvalue weighted by Gasteiger charge is 2.27. The molecule has 0 spiro atoms. The maximum atomic E-state index is 13.7. The van der Waals surface area contributed by atoms with Crippen molar-refractivity contribution in [3.63, 3.8) is 0 Å². The molecule has 0 aliphatic carbocycles. The number of carbonyl (C=O) groups excluding carboxylic acids is 1. The van der Waals surface area contributed by atoms with Crippen molar-refractivity contribution in [2.24, 2.45) is 0 Å². The number of amides is 1. The van der Waals surface area contributed by atoms with Crippen LogP contribution in [-0.2, 0) is 9.53 Å². The van der Waals surface area contributed by atoms with Crippen LogP contribution in [0.2, 0.25) is 0 Å². The molecule has 0 saturated heterocycles. The van der Waals surface area contributed by atoms with Crippen molar-refractivity contribution in [3.8, 4) is 11.8 Å². The van der Waals surface area contributed by atoms with E-state index in [1.807, 2.05) is 0 Å². The van der Waals surface area contributed by atoms with E-state index in [-0.39, 0.29) is 12.3 Å². The van der Waals surface area contributed by atoms with Gasteiger partial charge in [0, 0.05) is 12.7 Å². The van der Waals surface area contributed by atoms with Gasteiger partial charge < -0.3 is 15.2 Å². The van der Waals surface area contributed by atoms with Crippen molar-refractivity contribution >= 4 is 11.6 Å². The van der Waals surface area contributed by atoms with Crippen LogP contribution in [0.25, 0.3) is 0 Å². The van der Waals surface area contributed by atoms with Crippen molar-refractivity contribution in [3.05, 3.63) is 29.6 Å². The lowest BCUT2D eigenvalue weighted by molar-refractivity contribution is -0.133. The number of methoxy groups -OCH3 is 1. The average Bonchev–Trinajstić information content (AvgIpc) is 2.39. The second-order valence-electron chi connectivity index (χ2n) is 4.32. The summed E-state index contributed by atoms with van der Waals surface area (Å²) in [6.45, 7) is 2.88. The Labute approximate surface area is 111 Å². The first kappa shape index (κ1) is 15.2. The number of ether oxygens (including phenoxy) is 1. The molecule has 2 N–H and O–H groups in total. The summed E-state index contributed by atoms with van der Waals surface area (Å²) in [4.78, 5) is 11.8. The van der Waals surface area contributed by atoms with Crippen LogP contribution >= 0.6 is 0 Å². The minimum absolute atomic E-state index is 0.0599. The molecule has 0 heterocycles. The molecule has 1 rings (SSSR count). The Kier molecular flexibility index (Phi) is 5.04. The van der Waals surface area contributed by atoms with Gasteiger partial charge in [-0.25, -0.2) is 4.39 Å². The topological polar surface area (TPSA) is 58.6 Å². The first-order valence-corrected chi connectivity index (χ1v) is 5.66. The van der Waals surface area contributed by atoms with Crippen LogP contribution in [0.15, 0.2) is 18.2 Å². The van der Waals surface area contributed by atoms with E-state index in [9.17, 15) is 9.18 Å². The summed E-state index contributed by atoms with van der Waals surface area (Å²) < 4.78 is 18.7. The zero-order chi connectivity index (χ0) is 14.5. The smallest absolute Gasteiger partial charge is 0.256 e. The van der Waals surface area contributed by atoms with Crippen molar-refractivity contribution in [1.29, 1.82) is 0 Å². The predicted molar refractivity (Wildman–Crippen MR) is 70.1 cm³/mol. The zero-order valence-corrected chi connectivity index (χ0v) is 11.1. The number of halogens is 1. The number of benzene rings is 1. The summed E-state index contributed by atoms with van der Waals surface area (Å²) in [5, 5.41) is 11.0. The Morgan fingerprint density at radius 2 is 2.21 bits per heavy atom. The highest BCUT2D eigenvalue weighted by Crippen LogP contribution is 2.18. The minimum atomic E-state index is -1.04. The number of nitrogens with one attached hydrogen (secondary N) is 1. The zero-order valence-electron chi connectivity index (χ0n) is 11.1. The van der Waals surface area contributed by atoms with Gasteiger partial charge in [-0.1, -0.05) is 11.8 Å². The number of hydrogen-bond donors (Lipinski definition) is 2. The van der Waals surface area contributed by atoms with Crippen LogP contribution in [0.3, 0.4) is 0 Å². The third-order valence-electron chi connectivity index (χ3n) is 2.59. The largest absolute Gasteiger partial charge is 0.384 e. The second kappa shape index (κ2) is 6.32. The van der Waals surface area contributed by atoms with Gasteiger partial charge in [-0.05, 0) is 32.0 Å². The van der Waals surface area contributed by atoms with E-state index in [0.717, 1.165) is 0 Å². The van der Waals surface area contributed by atoms with E-state index in [0.29, 0.717) is 5.56 Å². The maximum Gasteiger partial charge on any atom is 0.256 e. The first-order chi connectivity index (χ1) is 8.90. The van der Waals surface area contributed by atoms with Crippen molar-refractivity contribution in [2.45, 2.75) is 19.4 Å². The molecule has 0 aromatic heterocycles. The van der Waals surface area contributed by atoms with Gasteiger partial charge in [-0.3, -0.25) is 4.79 Å². The molecule has 5 heteroatoms. The van der Waals surface area contributed by atoms with Crippen LogP contribution < -0.4 is 5.32 Å². The number of aliphatic hydroxyl groups excluding tert-OH is 1. The van der Waals surface area contributed by atoms with Gasteiger partial charge in [-0.15, -0.1) is 0 Å². The molecule has 0 fully saturated rings. The Hall–Kier alpha value is -1.90. The molecule has 4 nitrogen and oxygen atoms in total. The maximum absolute atomic E-state index is 13.7. The summed E-state index contributed by atoms with van der Waals surface area (Å²) in [5.74, 6) is 3.96. The summed E-state index contributed by atoms with van der Waals surface area (Å²) in [6, 6.07) is 4.17. The molecule has 0 unspecified atom stereocenters. The van der Waals surface area contributed by atoms with E-state index in [1.165, 1.54) is 19.2 Å². The first-order valence-electron chi connectivity index (χ1n) is 5.66. The molecule has 1 aromatic rings. The summed E-state index contributed by atoms with van der Waals surface area (Å²) >= 11 is 0. The molecule has 0 bridgehead atoms. The van der Waals surface area contributed by atoms with Crippen LogP contribution in [0.4, 0.5) is 10.1 Å². The van der Waals surface area contributed by atoms with Crippen LogP contribution in [0.1, 0.15) is 19.4 Å². The summed E-state index contributed by atoms with van der Waals surface area (Å²) in [7, 11) is 1.41. The minimum Gasteiger partial charge on any atom is -0.384 e. The molecule has 0 radical (unpaired) electrons. The third-order valence-corrected chi connectivity index (χ3v) is 2.59. The third kappa shape index (κ3) is 4.05. The average molecular weight is 265 g/mol. The molecule has 0 aliphatic rings. The monoisotopic (exact) mass is 265 g/mol. The number of carbonyl (C=O) groups is 1. The van der Waals surface area contributed by atoms with Gasteiger partial charge in [0.2, 0.25) is 0 Å². The van der Waals surface area contributed by atoms with Gasteiger partial charge in [0.1, 0.15) is 18.0 Å². The van der Waals surface area contributed by atoms with E-state index in [1.54, 1.807) is 19.9 Å². The van der Waals surface area contributed by atoms with Gasteiger partial charge in [-0.2, -0.15) is 0 Å². The SMILES string of the molecule is COC(C)(C)C(=O)Nc1ccc(C#CCO)cc1F. The van der Waals surface area contributed by atoms with Crippen LogP contribution in [-0.4, -0.2) is 30.3 Å². The van der Waals surface area contributed by atoms with Crippen molar-refractivity contribution in [2.75, 3.05) is 19.0 Å². The van der Waals surface area contributed by atoms with Crippen molar-refractivity contribution in [1.82, 2.24) is 0 Å². The molecule has 0 saturated carbocycles. The summed E-state index contributed by atoms with van der Waals surface area (Å²) in [6.07, 6.45) is 0. The Morgan fingerprint density at radius 1 is 1.53 bits per heavy atom. The second-order valence-corrected chi connectivity index (χ2v) is 4.32. The number of hydrogen-bond acceptors (Lipinski definition) is 3. The molecule has 1 aromatic carbocycles. The highest BCUT2D eigenvalue weighted by molar-refractivity contribution is 5.96. The fourth-order valence-corrected chi connectivity index (χ4v) is 1.20. The van der Waals surface area contributed by atoms with E-state index < -0.39 is 17.3 Å². The van der Waals surface area contributed by atoms with E-state index in [4.69, 9.17) is 9.84 Å². The van der Waals surface area contributed by atoms with Gasteiger partial charge in [0.15, 0.2) is 0 Å². The normalized spacial score (nSPS) is 10.6. The molecule has 19 heavy (non-hydrogen) atoms. The predicted octanol–water partition coefficient (Wildman–Crippen LogP) is 1.53. The fourth-order valence-electron chi connectivity index (χ4n) is 1.20. The van der Waals surface area contributed by atoms with E-state index >= 15 is 0 Å². The number of aliphatic hydroxyl groups is 1.